The van der Waals surface area contributed by atoms with E-state index < -0.39 is 6.09 Å². The summed E-state index contributed by atoms with van der Waals surface area (Å²) in [4.78, 5) is 15.1. The minimum absolute atomic E-state index is 0.322. The van der Waals surface area contributed by atoms with Gasteiger partial charge in [-0.25, -0.2) is 9.78 Å². The Bertz CT molecular complexity index is 881. The van der Waals surface area contributed by atoms with Crippen LogP contribution in [0.1, 0.15) is 0 Å². The van der Waals surface area contributed by atoms with Crippen LogP contribution in [0.15, 0.2) is 36.4 Å². The fourth-order valence-electron chi connectivity index (χ4n) is 1.97. The summed E-state index contributed by atoms with van der Waals surface area (Å²) in [5.41, 5.74) is 1.11. The summed E-state index contributed by atoms with van der Waals surface area (Å²) in [6.07, 6.45) is -1.18. The lowest BCUT2D eigenvalue weighted by Gasteiger charge is -2.06. The van der Waals surface area contributed by atoms with E-state index in [1.165, 1.54) is 23.5 Å². The van der Waals surface area contributed by atoms with Gasteiger partial charge < -0.3 is 14.6 Å². The first kappa shape index (κ1) is 15.4. The first-order valence-corrected chi connectivity index (χ1v) is 7.66. The number of nitrogens with zero attached hydrogens (tertiary/aromatic N) is 1. The second-order valence-electron chi connectivity index (χ2n) is 4.52. The van der Waals surface area contributed by atoms with Crippen LogP contribution < -0.4 is 14.8 Å². The van der Waals surface area contributed by atoms with Crippen LogP contribution in [0.5, 0.6) is 16.7 Å². The number of thiazole rings is 1. The van der Waals surface area contributed by atoms with Crippen LogP contribution in [0.3, 0.4) is 0 Å². The molecule has 3 rings (SSSR count). The van der Waals surface area contributed by atoms with Gasteiger partial charge in [0.15, 0.2) is 0 Å². The molecule has 0 saturated carbocycles. The zero-order chi connectivity index (χ0) is 16.4. The largest absolute Gasteiger partial charge is 0.497 e. The molecular weight excluding hydrogens is 340 g/mol. The number of nitrogens with one attached hydrogen (secondary N) is 1. The predicted molar refractivity (Wildman–Crippen MR) is 89.3 cm³/mol. The van der Waals surface area contributed by atoms with Crippen molar-refractivity contribution in [3.8, 4) is 16.7 Å². The molecule has 2 N–H and O–H groups in total. The lowest BCUT2D eigenvalue weighted by Crippen LogP contribution is -2.07. The molecule has 0 aliphatic carbocycles. The van der Waals surface area contributed by atoms with Gasteiger partial charge in [-0.15, -0.1) is 0 Å². The molecule has 3 aromatic rings. The first-order chi connectivity index (χ1) is 11.0. The average Bonchev–Trinajstić information content (AvgIpc) is 2.86. The molecule has 0 saturated heterocycles. The van der Waals surface area contributed by atoms with E-state index >= 15 is 0 Å². The zero-order valence-corrected chi connectivity index (χ0v) is 13.4. The molecule has 8 heteroatoms. The van der Waals surface area contributed by atoms with Gasteiger partial charge in [-0.2, -0.15) is 0 Å². The van der Waals surface area contributed by atoms with Crippen molar-refractivity contribution in [1.82, 2.24) is 4.98 Å². The lowest BCUT2D eigenvalue weighted by atomic mass is 10.3. The maximum Gasteiger partial charge on any atom is 0.409 e. The van der Waals surface area contributed by atoms with E-state index in [0.29, 0.717) is 21.7 Å². The maximum atomic E-state index is 10.7. The number of benzene rings is 2. The van der Waals surface area contributed by atoms with E-state index in [9.17, 15) is 4.79 Å². The number of carbonyl (C=O) groups is 1. The molecule has 0 atom stereocenters. The van der Waals surface area contributed by atoms with E-state index in [2.05, 4.69) is 10.3 Å². The Balaban J connectivity index is 1.89. The Morgan fingerprint density at radius 1 is 1.26 bits per heavy atom. The Hall–Kier alpha value is -2.51. The Morgan fingerprint density at radius 3 is 2.83 bits per heavy atom. The summed E-state index contributed by atoms with van der Waals surface area (Å²) < 4.78 is 11.8. The van der Waals surface area contributed by atoms with E-state index in [4.69, 9.17) is 26.2 Å². The minimum atomic E-state index is -1.18. The number of hydrogen-bond donors (Lipinski definition) is 2. The topological polar surface area (TPSA) is 80.7 Å². The van der Waals surface area contributed by atoms with Gasteiger partial charge in [-0.3, -0.25) is 5.32 Å². The number of methoxy groups -OCH3 is 1. The van der Waals surface area contributed by atoms with Gasteiger partial charge in [0.1, 0.15) is 11.5 Å². The number of aromatic nitrogens is 1. The van der Waals surface area contributed by atoms with Crippen molar-refractivity contribution >= 4 is 44.9 Å². The van der Waals surface area contributed by atoms with Crippen LogP contribution in [0.4, 0.5) is 10.5 Å². The van der Waals surface area contributed by atoms with Crippen molar-refractivity contribution in [2.75, 3.05) is 12.4 Å². The van der Waals surface area contributed by atoms with Crippen molar-refractivity contribution in [3.63, 3.8) is 0 Å². The molecule has 0 unspecified atom stereocenters. The van der Waals surface area contributed by atoms with Crippen LogP contribution in [0.2, 0.25) is 5.02 Å². The number of carboxylic acid groups (broad SMARTS) is 1. The second-order valence-corrected chi connectivity index (χ2v) is 5.95. The third-order valence-electron chi connectivity index (χ3n) is 2.90. The summed E-state index contributed by atoms with van der Waals surface area (Å²) in [5, 5.41) is 11.8. The number of fused-ring (bicyclic) bond motifs is 1. The molecule has 6 nitrogen and oxygen atoms in total. The van der Waals surface area contributed by atoms with Crippen molar-refractivity contribution < 1.29 is 19.4 Å². The van der Waals surface area contributed by atoms with E-state index in [-0.39, 0.29) is 0 Å². The summed E-state index contributed by atoms with van der Waals surface area (Å²) in [6.45, 7) is 0. The van der Waals surface area contributed by atoms with Crippen molar-refractivity contribution in [2.24, 2.45) is 0 Å². The van der Waals surface area contributed by atoms with Crippen LogP contribution in [-0.2, 0) is 0 Å². The average molecular weight is 351 g/mol. The highest BCUT2D eigenvalue weighted by molar-refractivity contribution is 7.20. The monoisotopic (exact) mass is 350 g/mol. The highest BCUT2D eigenvalue weighted by atomic mass is 35.5. The smallest absolute Gasteiger partial charge is 0.409 e. The summed E-state index contributed by atoms with van der Waals surface area (Å²) in [7, 11) is 1.60. The van der Waals surface area contributed by atoms with Gasteiger partial charge in [0.05, 0.1) is 17.3 Å². The fraction of sp³-hybridized carbons (Fsp3) is 0.0667. The van der Waals surface area contributed by atoms with Crippen molar-refractivity contribution in [3.05, 3.63) is 41.4 Å². The van der Waals surface area contributed by atoms with Gasteiger partial charge in [0.25, 0.3) is 5.19 Å². The molecule has 23 heavy (non-hydrogen) atoms. The highest BCUT2D eigenvalue weighted by Crippen LogP contribution is 2.35. The van der Waals surface area contributed by atoms with Gasteiger partial charge in [-0.1, -0.05) is 22.9 Å². The summed E-state index contributed by atoms with van der Waals surface area (Å²) >= 11 is 7.33. The molecule has 1 heterocycles. The second kappa shape index (κ2) is 6.31. The predicted octanol–water partition coefficient (Wildman–Crippen LogP) is 4.84. The molecule has 0 bridgehead atoms. The minimum Gasteiger partial charge on any atom is -0.497 e. The van der Waals surface area contributed by atoms with Gasteiger partial charge in [0.2, 0.25) is 0 Å². The lowest BCUT2D eigenvalue weighted by molar-refractivity contribution is 0.210. The van der Waals surface area contributed by atoms with Crippen molar-refractivity contribution in [2.45, 2.75) is 0 Å². The Labute approximate surface area is 140 Å². The summed E-state index contributed by atoms with van der Waals surface area (Å²) in [5.74, 6) is 1.13. The maximum absolute atomic E-state index is 10.7. The van der Waals surface area contributed by atoms with E-state index in [1.807, 2.05) is 18.2 Å². The Kier molecular flexibility index (Phi) is 4.22. The molecule has 0 aliphatic heterocycles. The molecule has 0 spiro atoms. The first-order valence-electron chi connectivity index (χ1n) is 6.46. The SMILES string of the molecule is COc1ccc2nc(Oc3cc(Cl)cc(NC(=O)O)c3)sc2c1. The fourth-order valence-corrected chi connectivity index (χ4v) is 3.06. The van der Waals surface area contributed by atoms with Crippen LogP contribution in [0, 0.1) is 0 Å². The number of amides is 1. The number of anilines is 1. The van der Waals surface area contributed by atoms with Crippen LogP contribution in [0.25, 0.3) is 10.2 Å². The molecule has 1 amide bonds. The van der Waals surface area contributed by atoms with E-state index in [1.54, 1.807) is 13.2 Å². The molecule has 0 aliphatic rings. The van der Waals surface area contributed by atoms with Crippen LogP contribution >= 0.6 is 22.9 Å². The molecule has 2 aromatic carbocycles. The molecule has 1 aromatic heterocycles. The number of hydrogen-bond acceptors (Lipinski definition) is 5. The van der Waals surface area contributed by atoms with Gasteiger partial charge >= 0.3 is 6.09 Å². The normalized spacial score (nSPS) is 10.5. The Morgan fingerprint density at radius 2 is 2.09 bits per heavy atom. The van der Waals surface area contributed by atoms with Gasteiger partial charge in [-0.05, 0) is 30.3 Å². The van der Waals surface area contributed by atoms with Gasteiger partial charge in [0, 0.05) is 16.8 Å². The van der Waals surface area contributed by atoms with Crippen LogP contribution in [-0.4, -0.2) is 23.3 Å². The molecule has 0 radical (unpaired) electrons. The third kappa shape index (κ3) is 3.64. The van der Waals surface area contributed by atoms with Crippen molar-refractivity contribution in [1.29, 1.82) is 0 Å². The number of rotatable bonds is 4. The highest BCUT2D eigenvalue weighted by Gasteiger charge is 2.09. The number of halogens is 1. The zero-order valence-electron chi connectivity index (χ0n) is 11.9. The molecule has 118 valence electrons. The summed E-state index contributed by atoms with van der Waals surface area (Å²) in [6, 6.07) is 10.1. The standard InChI is InChI=1S/C15H11ClN2O4S/c1-21-10-2-3-12-13(7-10)23-15(18-12)22-11-5-8(16)4-9(6-11)17-14(19)20/h2-7,17H,1H3,(H,19,20). The van der Waals surface area contributed by atoms with E-state index in [0.717, 1.165) is 16.0 Å². The quantitative estimate of drug-likeness (QED) is 0.703. The molecular formula is C15H11ClN2O4S. The number of ether oxygens (including phenoxy) is 2. The third-order valence-corrected chi connectivity index (χ3v) is 4.02. The molecule has 0 fully saturated rings.